The van der Waals surface area contributed by atoms with E-state index in [2.05, 4.69) is 33.0 Å². The molecule has 1 heterocycles. The fraction of sp³-hybridized carbons (Fsp3) is 0.719. The van der Waals surface area contributed by atoms with Crippen molar-refractivity contribution in [3.05, 3.63) is 23.8 Å². The van der Waals surface area contributed by atoms with E-state index in [1.54, 1.807) is 4.90 Å². The van der Waals surface area contributed by atoms with E-state index < -0.39 is 5.60 Å². The van der Waals surface area contributed by atoms with Crippen LogP contribution >= 0.6 is 0 Å². The molecule has 0 radical (unpaired) electrons. The fourth-order valence-corrected chi connectivity index (χ4v) is 8.02. The minimum absolute atomic E-state index is 0.00830. The average Bonchev–Trinajstić information content (AvgIpc) is 2.83. The van der Waals surface area contributed by atoms with Crippen LogP contribution in [-0.4, -0.2) is 57.6 Å². The van der Waals surface area contributed by atoms with Gasteiger partial charge < -0.3 is 25.2 Å². The van der Waals surface area contributed by atoms with Gasteiger partial charge >= 0.3 is 6.09 Å². The number of hydrogen-bond donors (Lipinski definition) is 3. The highest BCUT2D eigenvalue weighted by atomic mass is 16.6. The molecule has 1 aromatic carbocycles. The molecular formula is C32H48N2O6. The van der Waals surface area contributed by atoms with Crippen LogP contribution in [0.25, 0.3) is 0 Å². The van der Waals surface area contributed by atoms with Crippen LogP contribution in [-0.2, 0) is 9.53 Å². The zero-order valence-electron chi connectivity index (χ0n) is 25.3. The van der Waals surface area contributed by atoms with Gasteiger partial charge in [-0.05, 0) is 87.7 Å². The minimum atomic E-state index is -0.560. The monoisotopic (exact) mass is 556 g/mol. The summed E-state index contributed by atoms with van der Waals surface area (Å²) in [5.41, 5.74) is -0.512. The molecule has 40 heavy (non-hydrogen) atoms. The van der Waals surface area contributed by atoms with Crippen molar-refractivity contribution in [2.75, 3.05) is 13.1 Å². The van der Waals surface area contributed by atoms with E-state index in [4.69, 9.17) is 4.74 Å². The van der Waals surface area contributed by atoms with Gasteiger partial charge in [0.2, 0.25) is 5.91 Å². The van der Waals surface area contributed by atoms with E-state index in [9.17, 15) is 24.6 Å². The van der Waals surface area contributed by atoms with Crippen LogP contribution in [0.4, 0.5) is 4.79 Å². The topological polar surface area (TPSA) is 116 Å². The number of hydrogen-bond acceptors (Lipinski definition) is 6. The van der Waals surface area contributed by atoms with Gasteiger partial charge in [-0.2, -0.15) is 0 Å². The van der Waals surface area contributed by atoms with E-state index in [1.165, 1.54) is 18.2 Å². The number of ether oxygens (including phenoxy) is 1. The molecule has 1 saturated heterocycles. The molecule has 3 fully saturated rings. The number of nitrogens with zero attached hydrogens (tertiary/aromatic N) is 1. The Balaban J connectivity index is 1.53. The Labute approximate surface area is 238 Å². The third-order valence-electron chi connectivity index (χ3n) is 9.95. The molecule has 1 aromatic rings. The second-order valence-electron chi connectivity index (χ2n) is 14.4. The van der Waals surface area contributed by atoms with E-state index in [1.807, 2.05) is 20.8 Å². The summed E-state index contributed by atoms with van der Waals surface area (Å²) in [6.45, 7) is 15.3. The molecular weight excluding hydrogens is 508 g/mol. The third-order valence-corrected chi connectivity index (χ3v) is 9.95. The summed E-state index contributed by atoms with van der Waals surface area (Å²) in [4.78, 5) is 41.8. The Kier molecular flexibility index (Phi) is 8.23. The number of nitrogens with one attached hydrogen (secondary N) is 1. The first-order valence-corrected chi connectivity index (χ1v) is 14.9. The van der Waals surface area contributed by atoms with Crippen molar-refractivity contribution < 1.29 is 29.3 Å². The van der Waals surface area contributed by atoms with Gasteiger partial charge in [0.05, 0.1) is 0 Å². The Morgan fingerprint density at radius 3 is 2.17 bits per heavy atom. The number of rotatable bonds is 4. The molecule has 5 atom stereocenters. The molecule has 1 aliphatic heterocycles. The van der Waals surface area contributed by atoms with Gasteiger partial charge in [0, 0.05) is 42.6 Å². The number of phenols is 2. The molecule has 8 nitrogen and oxygen atoms in total. The van der Waals surface area contributed by atoms with Gasteiger partial charge in [-0.1, -0.05) is 34.1 Å². The lowest BCUT2D eigenvalue weighted by Gasteiger charge is -2.60. The predicted molar refractivity (Wildman–Crippen MR) is 153 cm³/mol. The van der Waals surface area contributed by atoms with Crippen LogP contribution < -0.4 is 5.32 Å². The standard InChI is InChI=1S/C32H48N2O6/c1-19-24(33-28(38)20-9-13-34(14-10-20)29(39)40-30(2,3)4)18-25-31(5,6)11-8-12-32(25,7)26(19)27(37)21-15-22(35)17-23(36)16-21/h15-17,19-20,24-26,35-36H,8-14,18H2,1-7H3,(H,33,38)/t19-,24-,25+,26-,32+/m1/s1. The van der Waals surface area contributed by atoms with E-state index in [0.29, 0.717) is 31.5 Å². The molecule has 0 aromatic heterocycles. The molecule has 3 N–H and O–H groups in total. The lowest BCUT2D eigenvalue weighted by molar-refractivity contribution is -0.132. The van der Waals surface area contributed by atoms with Crippen LogP contribution in [0.5, 0.6) is 11.5 Å². The molecule has 2 amide bonds. The largest absolute Gasteiger partial charge is 0.508 e. The highest BCUT2D eigenvalue weighted by molar-refractivity contribution is 5.99. The zero-order chi connectivity index (χ0) is 29.6. The van der Waals surface area contributed by atoms with Crippen molar-refractivity contribution in [1.82, 2.24) is 10.2 Å². The SMILES string of the molecule is C[C@@H]1[C@H](NC(=O)C2CCN(C(=O)OC(C)(C)C)CC2)C[C@H]2C(C)(C)CCC[C@]2(C)[C@H]1C(=O)c1cc(O)cc(O)c1. The number of likely N-dealkylation sites (tertiary alicyclic amines) is 1. The second-order valence-corrected chi connectivity index (χ2v) is 14.4. The summed E-state index contributed by atoms with van der Waals surface area (Å²) < 4.78 is 5.50. The molecule has 4 rings (SSSR count). The smallest absolute Gasteiger partial charge is 0.410 e. The maximum absolute atomic E-state index is 14.1. The number of Topliss-reactive ketones (excluding diaryl/α,β-unsaturated/α-hetero) is 1. The number of carbonyl (C=O) groups excluding carboxylic acids is 3. The Morgan fingerprint density at radius 2 is 1.60 bits per heavy atom. The minimum Gasteiger partial charge on any atom is -0.508 e. The number of phenolic OH excluding ortho intramolecular Hbond substituents is 2. The van der Waals surface area contributed by atoms with Gasteiger partial charge in [-0.3, -0.25) is 9.59 Å². The summed E-state index contributed by atoms with van der Waals surface area (Å²) >= 11 is 0. The van der Waals surface area contributed by atoms with Crippen molar-refractivity contribution in [2.24, 2.45) is 34.5 Å². The summed E-state index contributed by atoms with van der Waals surface area (Å²) in [5.74, 6) is -0.850. The molecule has 8 heteroatoms. The van der Waals surface area contributed by atoms with Gasteiger partial charge in [-0.15, -0.1) is 0 Å². The Bertz CT molecular complexity index is 1110. The van der Waals surface area contributed by atoms with Crippen LogP contribution in [0.15, 0.2) is 18.2 Å². The number of piperidine rings is 1. The molecule has 222 valence electrons. The average molecular weight is 557 g/mol. The van der Waals surface area contributed by atoms with Gasteiger partial charge in [0.25, 0.3) is 0 Å². The lowest BCUT2D eigenvalue weighted by atomic mass is 9.45. The summed E-state index contributed by atoms with van der Waals surface area (Å²) in [5, 5.41) is 23.6. The van der Waals surface area contributed by atoms with Crippen LogP contribution in [0.1, 0.15) is 97.3 Å². The number of carbonyl (C=O) groups is 3. The molecule has 0 unspecified atom stereocenters. The van der Waals surface area contributed by atoms with Crippen molar-refractivity contribution in [3.8, 4) is 11.5 Å². The maximum atomic E-state index is 14.1. The summed E-state index contributed by atoms with van der Waals surface area (Å²) in [7, 11) is 0. The zero-order valence-corrected chi connectivity index (χ0v) is 25.3. The van der Waals surface area contributed by atoms with Gasteiger partial charge in [-0.25, -0.2) is 4.79 Å². The quantitative estimate of drug-likeness (QED) is 0.398. The van der Waals surface area contributed by atoms with Gasteiger partial charge in [0.1, 0.15) is 17.1 Å². The Hall–Kier alpha value is -2.77. The first kappa shape index (κ1) is 30.2. The number of aromatic hydroxyl groups is 2. The normalized spacial score (nSPS) is 30.7. The molecule has 0 spiro atoms. The predicted octanol–water partition coefficient (Wildman–Crippen LogP) is 5.90. The van der Waals surface area contributed by atoms with Crippen molar-refractivity contribution in [1.29, 1.82) is 0 Å². The van der Waals surface area contributed by atoms with Crippen molar-refractivity contribution in [2.45, 2.75) is 98.6 Å². The van der Waals surface area contributed by atoms with E-state index in [-0.39, 0.29) is 69.8 Å². The third kappa shape index (κ3) is 6.10. The fourth-order valence-electron chi connectivity index (χ4n) is 8.02. The van der Waals surface area contributed by atoms with Crippen LogP contribution in [0.3, 0.4) is 0 Å². The van der Waals surface area contributed by atoms with Crippen molar-refractivity contribution >= 4 is 17.8 Å². The molecule has 2 aliphatic carbocycles. The summed E-state index contributed by atoms with van der Waals surface area (Å²) in [6, 6.07) is 3.92. The number of amides is 2. The highest BCUT2D eigenvalue weighted by Crippen LogP contribution is 2.61. The number of benzene rings is 1. The first-order valence-electron chi connectivity index (χ1n) is 14.9. The first-order chi connectivity index (χ1) is 18.5. The molecule has 3 aliphatic rings. The second kappa shape index (κ2) is 10.9. The highest BCUT2D eigenvalue weighted by Gasteiger charge is 2.58. The van der Waals surface area contributed by atoms with Crippen molar-refractivity contribution in [3.63, 3.8) is 0 Å². The lowest BCUT2D eigenvalue weighted by Crippen LogP contribution is -2.61. The van der Waals surface area contributed by atoms with E-state index in [0.717, 1.165) is 25.7 Å². The Morgan fingerprint density at radius 1 is 1.00 bits per heavy atom. The van der Waals surface area contributed by atoms with Crippen LogP contribution in [0.2, 0.25) is 0 Å². The molecule has 2 saturated carbocycles. The summed E-state index contributed by atoms with van der Waals surface area (Å²) in [6.07, 6.45) is 4.64. The number of fused-ring (bicyclic) bond motifs is 1. The van der Waals surface area contributed by atoms with E-state index >= 15 is 0 Å². The number of ketones is 1. The van der Waals surface area contributed by atoms with Gasteiger partial charge in [0.15, 0.2) is 5.78 Å². The van der Waals surface area contributed by atoms with Crippen LogP contribution in [0, 0.1) is 34.5 Å². The molecule has 0 bridgehead atoms. The maximum Gasteiger partial charge on any atom is 0.410 e.